The van der Waals surface area contributed by atoms with Crippen LogP contribution in [0.5, 0.6) is 0 Å². The van der Waals surface area contributed by atoms with Crippen LogP contribution in [0.3, 0.4) is 0 Å². The van der Waals surface area contributed by atoms with Gasteiger partial charge in [-0.15, -0.1) is 11.3 Å². The van der Waals surface area contributed by atoms with Gasteiger partial charge in [-0.05, 0) is 85.7 Å². The Bertz CT molecular complexity index is 1160. The Kier molecular flexibility index (Phi) is 8.34. The summed E-state index contributed by atoms with van der Waals surface area (Å²) in [7, 11) is -3.19. The zero-order valence-electron chi connectivity index (χ0n) is 21.2. The molecule has 2 saturated heterocycles. The van der Waals surface area contributed by atoms with Gasteiger partial charge in [0.25, 0.3) is 0 Å². The Labute approximate surface area is 223 Å². The number of thiophene rings is 1. The van der Waals surface area contributed by atoms with Gasteiger partial charge in [0.15, 0.2) is 9.84 Å². The largest absolute Gasteiger partial charge is 0.480 e. The first-order chi connectivity index (χ1) is 17.8. The molecule has 1 saturated carbocycles. The molecule has 9 heteroatoms. The normalized spacial score (nSPS) is 24.9. The Morgan fingerprint density at radius 2 is 1.86 bits per heavy atom. The summed E-state index contributed by atoms with van der Waals surface area (Å²) in [6, 6.07) is 9.79. The maximum Gasteiger partial charge on any atom is 0.320 e. The van der Waals surface area contributed by atoms with Crippen molar-refractivity contribution in [2.45, 2.75) is 54.7 Å². The lowest BCUT2D eigenvalue weighted by Gasteiger charge is -2.34. The van der Waals surface area contributed by atoms with E-state index in [9.17, 15) is 22.7 Å². The van der Waals surface area contributed by atoms with Crippen molar-refractivity contribution in [1.29, 1.82) is 0 Å². The molecule has 1 aromatic carbocycles. The summed E-state index contributed by atoms with van der Waals surface area (Å²) in [6.45, 7) is 4.05. The van der Waals surface area contributed by atoms with Crippen LogP contribution in [0.1, 0.15) is 50.0 Å². The fourth-order valence-corrected chi connectivity index (χ4v) is 8.77. The second-order valence-electron chi connectivity index (χ2n) is 11.2. The first kappa shape index (κ1) is 26.8. The minimum atomic E-state index is -3.19. The number of halogens is 1. The summed E-state index contributed by atoms with van der Waals surface area (Å²) in [6.07, 6.45) is 5.59. The number of rotatable bonds is 11. The van der Waals surface area contributed by atoms with E-state index in [4.69, 9.17) is 0 Å². The second kappa shape index (κ2) is 11.5. The SMILES string of the molecule is O=C(O)C(CC1CC1)N1CC(CN2CCC(CCS(=O)(=O)c3cccs3)CC2)C(c2cccc(F)c2)C1. The monoisotopic (exact) mass is 548 g/mol. The molecule has 0 bridgehead atoms. The minimum Gasteiger partial charge on any atom is -0.480 e. The lowest BCUT2D eigenvalue weighted by molar-refractivity contribution is -0.143. The summed E-state index contributed by atoms with van der Waals surface area (Å²) in [5.74, 6) is 0.471. The van der Waals surface area contributed by atoms with Crippen molar-refractivity contribution in [1.82, 2.24) is 9.80 Å². The topological polar surface area (TPSA) is 77.9 Å². The number of sulfone groups is 1. The van der Waals surface area contributed by atoms with Gasteiger partial charge in [-0.25, -0.2) is 12.8 Å². The molecule has 3 aliphatic rings. The van der Waals surface area contributed by atoms with E-state index in [1.165, 1.54) is 17.4 Å². The predicted octanol–water partition coefficient (Wildman–Crippen LogP) is 4.73. The van der Waals surface area contributed by atoms with Crippen LogP contribution in [-0.2, 0) is 14.6 Å². The smallest absolute Gasteiger partial charge is 0.320 e. The summed E-state index contributed by atoms with van der Waals surface area (Å²) in [4.78, 5) is 16.7. The van der Waals surface area contributed by atoms with Crippen LogP contribution in [0, 0.1) is 23.6 Å². The Balaban J connectivity index is 1.20. The third-order valence-corrected chi connectivity index (χ3v) is 11.8. The van der Waals surface area contributed by atoms with Crippen LogP contribution in [0.2, 0.25) is 0 Å². The first-order valence-corrected chi connectivity index (χ1v) is 16.0. The molecular weight excluding hydrogens is 511 g/mol. The summed E-state index contributed by atoms with van der Waals surface area (Å²) in [5.41, 5.74) is 0.955. The third-order valence-electron chi connectivity index (χ3n) is 8.52. The van der Waals surface area contributed by atoms with Crippen molar-refractivity contribution in [3.63, 3.8) is 0 Å². The van der Waals surface area contributed by atoms with Crippen LogP contribution in [-0.4, -0.2) is 73.8 Å². The van der Waals surface area contributed by atoms with E-state index < -0.39 is 21.8 Å². The molecule has 1 aromatic heterocycles. The molecule has 3 heterocycles. The molecule has 0 amide bonds. The fourth-order valence-electron chi connectivity index (χ4n) is 6.19. The van der Waals surface area contributed by atoms with Crippen LogP contribution in [0.25, 0.3) is 0 Å². The first-order valence-electron chi connectivity index (χ1n) is 13.5. The summed E-state index contributed by atoms with van der Waals surface area (Å²) < 4.78 is 39.7. The standard InChI is InChI=1S/C28H37FN2O4S2/c29-24-4-1-3-22(16-24)25-19-31(26(28(32)33)15-21-6-7-21)18-23(25)17-30-11-8-20(9-12-30)10-14-37(34,35)27-5-2-13-36-27/h1-5,13,16,20-21,23,25-26H,6-12,14-15,17-19H2,(H,32,33). The highest BCUT2D eigenvalue weighted by Gasteiger charge is 2.42. The van der Waals surface area contributed by atoms with E-state index >= 15 is 0 Å². The molecule has 3 fully saturated rings. The zero-order chi connectivity index (χ0) is 26.0. The van der Waals surface area contributed by atoms with E-state index in [1.54, 1.807) is 29.6 Å². The van der Waals surface area contributed by atoms with Crippen molar-refractivity contribution >= 4 is 27.1 Å². The van der Waals surface area contributed by atoms with Crippen LogP contribution in [0.15, 0.2) is 46.0 Å². The lowest BCUT2D eigenvalue weighted by atomic mass is 9.87. The number of carbonyl (C=O) groups is 1. The molecule has 0 radical (unpaired) electrons. The van der Waals surface area contributed by atoms with E-state index in [2.05, 4.69) is 9.80 Å². The minimum absolute atomic E-state index is 0.102. The molecule has 3 atom stereocenters. The van der Waals surface area contributed by atoms with Crippen molar-refractivity contribution < 1.29 is 22.7 Å². The molecule has 0 spiro atoms. The average Bonchev–Trinajstić information content (AvgIpc) is 3.34. The molecule has 6 nitrogen and oxygen atoms in total. The van der Waals surface area contributed by atoms with Crippen molar-refractivity contribution in [2.75, 3.05) is 38.5 Å². The Hall–Kier alpha value is -1.81. The zero-order valence-corrected chi connectivity index (χ0v) is 22.8. The van der Waals surface area contributed by atoms with Gasteiger partial charge in [0, 0.05) is 25.6 Å². The van der Waals surface area contributed by atoms with Gasteiger partial charge in [-0.2, -0.15) is 0 Å². The molecule has 2 aromatic rings. The number of benzene rings is 1. The highest BCUT2D eigenvalue weighted by Crippen LogP contribution is 2.39. The number of carboxylic acid groups (broad SMARTS) is 1. The lowest BCUT2D eigenvalue weighted by Crippen LogP contribution is -2.42. The van der Waals surface area contributed by atoms with Crippen molar-refractivity contribution in [2.24, 2.45) is 17.8 Å². The third kappa shape index (κ3) is 6.80. The maximum atomic E-state index is 14.1. The highest BCUT2D eigenvalue weighted by atomic mass is 32.2. The van der Waals surface area contributed by atoms with Gasteiger partial charge in [-0.1, -0.05) is 31.0 Å². The second-order valence-corrected chi connectivity index (χ2v) is 14.5. The highest BCUT2D eigenvalue weighted by molar-refractivity contribution is 7.93. The van der Waals surface area contributed by atoms with Gasteiger partial charge in [0.1, 0.15) is 16.1 Å². The van der Waals surface area contributed by atoms with Crippen LogP contribution >= 0.6 is 11.3 Å². The van der Waals surface area contributed by atoms with E-state index in [1.807, 2.05) is 6.07 Å². The number of carboxylic acids is 1. The van der Waals surface area contributed by atoms with Gasteiger partial charge in [-0.3, -0.25) is 9.69 Å². The summed E-state index contributed by atoms with van der Waals surface area (Å²) in [5, 5.41) is 11.8. The fraction of sp³-hybridized carbons (Fsp3) is 0.607. The van der Waals surface area contributed by atoms with Crippen molar-refractivity contribution in [3.05, 3.63) is 53.2 Å². The van der Waals surface area contributed by atoms with Gasteiger partial charge >= 0.3 is 5.97 Å². The van der Waals surface area contributed by atoms with Gasteiger partial charge < -0.3 is 10.0 Å². The number of likely N-dealkylation sites (tertiary alicyclic amines) is 2. The molecular formula is C28H37FN2O4S2. The number of hydrogen-bond donors (Lipinski definition) is 1. The van der Waals surface area contributed by atoms with E-state index in [0.29, 0.717) is 42.0 Å². The Morgan fingerprint density at radius 3 is 2.51 bits per heavy atom. The van der Waals surface area contributed by atoms with E-state index in [-0.39, 0.29) is 23.4 Å². The average molecular weight is 549 g/mol. The molecule has 3 unspecified atom stereocenters. The van der Waals surface area contributed by atoms with Gasteiger partial charge in [0.2, 0.25) is 0 Å². The molecule has 5 rings (SSSR count). The van der Waals surface area contributed by atoms with Gasteiger partial charge in [0.05, 0.1) is 5.75 Å². The van der Waals surface area contributed by atoms with Crippen LogP contribution < -0.4 is 0 Å². The van der Waals surface area contributed by atoms with Crippen LogP contribution in [0.4, 0.5) is 4.39 Å². The number of hydrogen-bond acceptors (Lipinski definition) is 6. The molecule has 1 N–H and O–H groups in total. The number of piperidine rings is 1. The molecule has 37 heavy (non-hydrogen) atoms. The number of nitrogens with zero attached hydrogens (tertiary/aromatic N) is 2. The predicted molar refractivity (Wildman–Crippen MR) is 143 cm³/mol. The molecule has 202 valence electrons. The molecule has 2 aliphatic heterocycles. The Morgan fingerprint density at radius 1 is 1.08 bits per heavy atom. The quantitative estimate of drug-likeness (QED) is 0.438. The van der Waals surface area contributed by atoms with E-state index in [0.717, 1.165) is 50.9 Å². The summed E-state index contributed by atoms with van der Waals surface area (Å²) >= 11 is 1.28. The van der Waals surface area contributed by atoms with Crippen molar-refractivity contribution in [3.8, 4) is 0 Å². The molecule has 1 aliphatic carbocycles. The maximum absolute atomic E-state index is 14.1. The number of aliphatic carboxylic acids is 1.